The lowest BCUT2D eigenvalue weighted by Crippen LogP contribution is -2.02. The zero-order valence-electron chi connectivity index (χ0n) is 16.7. The van der Waals surface area contributed by atoms with E-state index in [1.54, 1.807) is 0 Å². The van der Waals surface area contributed by atoms with Crippen LogP contribution in [0.3, 0.4) is 0 Å². The Morgan fingerprint density at radius 2 is 1.52 bits per heavy atom. The average Bonchev–Trinajstić information content (AvgIpc) is 3.30. The summed E-state index contributed by atoms with van der Waals surface area (Å²) in [5.74, 6) is 0. The van der Waals surface area contributed by atoms with Crippen LogP contribution in [0.2, 0.25) is 0 Å². The van der Waals surface area contributed by atoms with Crippen molar-refractivity contribution in [3.05, 3.63) is 107 Å². The molecule has 1 heteroatoms. The van der Waals surface area contributed by atoms with E-state index in [1.165, 1.54) is 55.2 Å². The molecule has 0 unspecified atom stereocenters. The minimum absolute atomic E-state index is 0.909. The molecule has 0 bridgehead atoms. The molecule has 0 fully saturated rings. The highest BCUT2D eigenvalue weighted by Crippen LogP contribution is 2.39. The van der Waals surface area contributed by atoms with Gasteiger partial charge >= 0.3 is 0 Å². The number of rotatable bonds is 3. The van der Waals surface area contributed by atoms with Crippen LogP contribution in [0.25, 0.3) is 32.9 Å². The standard InChI is InChI=1S/C28H23N/c1-2-19-14-15-28-26(16-19)24-11-5-6-13-27(24)29(28)18-21-9-7-12-23-22-10-4-3-8-20(22)17-25(21)23/h3-16H,2,17-18H2,1H3. The monoisotopic (exact) mass is 373 g/mol. The maximum absolute atomic E-state index is 2.50. The molecule has 0 amide bonds. The highest BCUT2D eigenvalue weighted by atomic mass is 15.0. The van der Waals surface area contributed by atoms with E-state index in [0.717, 1.165) is 19.4 Å². The molecule has 29 heavy (non-hydrogen) atoms. The van der Waals surface area contributed by atoms with E-state index in [0.29, 0.717) is 0 Å². The van der Waals surface area contributed by atoms with Gasteiger partial charge in [0, 0.05) is 28.4 Å². The van der Waals surface area contributed by atoms with Gasteiger partial charge in [-0.25, -0.2) is 0 Å². The minimum atomic E-state index is 0.909. The van der Waals surface area contributed by atoms with Gasteiger partial charge in [0.15, 0.2) is 0 Å². The summed E-state index contributed by atoms with van der Waals surface area (Å²) in [6, 6.07) is 31.5. The number of para-hydroxylation sites is 1. The third-order valence-corrected chi connectivity index (χ3v) is 6.52. The Bertz CT molecular complexity index is 1390. The Balaban J connectivity index is 1.54. The number of fused-ring (bicyclic) bond motifs is 6. The molecule has 0 N–H and O–H groups in total. The first-order valence-corrected chi connectivity index (χ1v) is 10.5. The summed E-state index contributed by atoms with van der Waals surface area (Å²) in [6.07, 6.45) is 2.11. The maximum Gasteiger partial charge on any atom is 0.0494 e. The lowest BCUT2D eigenvalue weighted by molar-refractivity contribution is 0.858. The second kappa shape index (κ2) is 6.35. The number of benzene rings is 4. The molecular formula is C28H23N. The number of hydrogen-bond donors (Lipinski definition) is 0. The smallest absolute Gasteiger partial charge is 0.0494 e. The van der Waals surface area contributed by atoms with Crippen molar-refractivity contribution in [2.75, 3.05) is 0 Å². The summed E-state index contributed by atoms with van der Waals surface area (Å²) in [7, 11) is 0. The average molecular weight is 373 g/mol. The first kappa shape index (κ1) is 16.6. The Hall–Kier alpha value is -3.32. The summed E-state index contributed by atoms with van der Waals surface area (Å²) in [5.41, 5.74) is 11.2. The van der Waals surface area contributed by atoms with E-state index in [4.69, 9.17) is 0 Å². The van der Waals surface area contributed by atoms with Crippen LogP contribution in [0.4, 0.5) is 0 Å². The molecule has 0 aliphatic heterocycles. The van der Waals surface area contributed by atoms with E-state index < -0.39 is 0 Å². The maximum atomic E-state index is 2.50. The molecule has 4 aromatic carbocycles. The van der Waals surface area contributed by atoms with E-state index in [1.807, 2.05) is 0 Å². The van der Waals surface area contributed by atoms with Crippen molar-refractivity contribution in [1.82, 2.24) is 4.57 Å². The van der Waals surface area contributed by atoms with Crippen LogP contribution in [0, 0.1) is 0 Å². The number of aryl methyl sites for hydroxylation is 1. The van der Waals surface area contributed by atoms with Crippen LogP contribution in [0.5, 0.6) is 0 Å². The van der Waals surface area contributed by atoms with Crippen molar-refractivity contribution >= 4 is 21.8 Å². The summed E-state index contributed by atoms with van der Waals surface area (Å²) in [4.78, 5) is 0. The van der Waals surface area contributed by atoms with Gasteiger partial charge in [0.1, 0.15) is 0 Å². The van der Waals surface area contributed by atoms with Crippen molar-refractivity contribution < 1.29 is 0 Å². The first-order chi connectivity index (χ1) is 14.3. The van der Waals surface area contributed by atoms with Crippen LogP contribution in [-0.2, 0) is 19.4 Å². The molecule has 140 valence electrons. The van der Waals surface area contributed by atoms with E-state index in [9.17, 15) is 0 Å². The molecule has 1 aliphatic carbocycles. The third-order valence-electron chi connectivity index (χ3n) is 6.52. The third kappa shape index (κ3) is 2.47. The Labute approximate surface area is 171 Å². The van der Waals surface area contributed by atoms with Gasteiger partial charge < -0.3 is 4.57 Å². The fraction of sp³-hybridized carbons (Fsp3) is 0.143. The zero-order valence-corrected chi connectivity index (χ0v) is 16.7. The second-order valence-electron chi connectivity index (χ2n) is 8.09. The Kier molecular flexibility index (Phi) is 3.64. The molecule has 1 heterocycles. The minimum Gasteiger partial charge on any atom is -0.336 e. The summed E-state index contributed by atoms with van der Waals surface area (Å²) in [6.45, 7) is 3.14. The number of aromatic nitrogens is 1. The second-order valence-corrected chi connectivity index (χ2v) is 8.09. The largest absolute Gasteiger partial charge is 0.336 e. The zero-order chi connectivity index (χ0) is 19.4. The predicted molar refractivity (Wildman–Crippen MR) is 123 cm³/mol. The molecule has 5 aromatic rings. The van der Waals surface area contributed by atoms with Crippen molar-refractivity contribution in [3.8, 4) is 11.1 Å². The van der Waals surface area contributed by atoms with Crippen LogP contribution in [-0.4, -0.2) is 4.57 Å². The van der Waals surface area contributed by atoms with Gasteiger partial charge in [0.25, 0.3) is 0 Å². The number of nitrogens with zero attached hydrogens (tertiary/aromatic N) is 1. The summed E-state index contributed by atoms with van der Waals surface area (Å²) >= 11 is 0. The molecular weight excluding hydrogens is 350 g/mol. The molecule has 0 saturated heterocycles. The molecule has 1 nitrogen and oxygen atoms in total. The Morgan fingerprint density at radius 1 is 0.724 bits per heavy atom. The fourth-order valence-corrected chi connectivity index (χ4v) is 5.03. The van der Waals surface area contributed by atoms with Gasteiger partial charge in [0.2, 0.25) is 0 Å². The predicted octanol–water partition coefficient (Wildman–Crippen LogP) is 6.98. The molecule has 0 spiro atoms. The number of hydrogen-bond acceptors (Lipinski definition) is 0. The molecule has 0 radical (unpaired) electrons. The molecule has 1 aromatic heterocycles. The normalized spacial score (nSPS) is 12.4. The molecule has 6 rings (SSSR count). The van der Waals surface area contributed by atoms with Crippen molar-refractivity contribution in [3.63, 3.8) is 0 Å². The lowest BCUT2D eigenvalue weighted by atomic mass is 10.0. The van der Waals surface area contributed by atoms with E-state index >= 15 is 0 Å². The highest BCUT2D eigenvalue weighted by Gasteiger charge is 2.21. The van der Waals surface area contributed by atoms with Gasteiger partial charge in [-0.05, 0) is 64.4 Å². The van der Waals surface area contributed by atoms with E-state index in [-0.39, 0.29) is 0 Å². The van der Waals surface area contributed by atoms with Crippen LogP contribution < -0.4 is 0 Å². The molecule has 0 atom stereocenters. The van der Waals surface area contributed by atoms with E-state index in [2.05, 4.69) is 96.4 Å². The molecule has 0 saturated carbocycles. The van der Waals surface area contributed by atoms with Crippen molar-refractivity contribution in [2.45, 2.75) is 26.3 Å². The summed E-state index contributed by atoms with van der Waals surface area (Å²) < 4.78 is 2.50. The lowest BCUT2D eigenvalue weighted by Gasteiger charge is -2.12. The van der Waals surface area contributed by atoms with Crippen LogP contribution in [0.1, 0.15) is 29.2 Å². The van der Waals surface area contributed by atoms with Gasteiger partial charge in [-0.15, -0.1) is 0 Å². The van der Waals surface area contributed by atoms with Crippen molar-refractivity contribution in [2.24, 2.45) is 0 Å². The van der Waals surface area contributed by atoms with Gasteiger partial charge in [0.05, 0.1) is 0 Å². The highest BCUT2D eigenvalue weighted by molar-refractivity contribution is 6.08. The fourth-order valence-electron chi connectivity index (χ4n) is 5.03. The van der Waals surface area contributed by atoms with Crippen molar-refractivity contribution in [1.29, 1.82) is 0 Å². The van der Waals surface area contributed by atoms with Gasteiger partial charge in [-0.3, -0.25) is 0 Å². The van der Waals surface area contributed by atoms with Crippen LogP contribution in [0.15, 0.2) is 84.9 Å². The van der Waals surface area contributed by atoms with Gasteiger partial charge in [-0.2, -0.15) is 0 Å². The SMILES string of the molecule is CCc1ccc2c(c1)c1ccccc1n2Cc1cccc2c1Cc1ccccc1-2. The topological polar surface area (TPSA) is 4.93 Å². The summed E-state index contributed by atoms with van der Waals surface area (Å²) in [5, 5.41) is 2.73. The van der Waals surface area contributed by atoms with Gasteiger partial charge in [-0.1, -0.05) is 73.7 Å². The Morgan fingerprint density at radius 3 is 2.45 bits per heavy atom. The first-order valence-electron chi connectivity index (χ1n) is 10.5. The quantitative estimate of drug-likeness (QED) is 0.315. The molecule has 1 aliphatic rings. The van der Waals surface area contributed by atoms with Crippen LogP contribution >= 0.6 is 0 Å².